The van der Waals surface area contributed by atoms with E-state index in [1.165, 1.54) is 0 Å². The Bertz CT molecular complexity index is 394. The highest BCUT2D eigenvalue weighted by Gasteiger charge is 2.38. The van der Waals surface area contributed by atoms with Crippen molar-refractivity contribution in [3.8, 4) is 0 Å². The van der Waals surface area contributed by atoms with Crippen molar-refractivity contribution in [2.45, 2.75) is 58.5 Å². The average Bonchev–Trinajstić information content (AvgIpc) is 2.26. The summed E-state index contributed by atoms with van der Waals surface area (Å²) >= 11 is 0. The number of aliphatic hydroxyl groups is 1. The first-order valence-corrected chi connectivity index (χ1v) is 9.46. The van der Waals surface area contributed by atoms with Crippen LogP contribution in [0.1, 0.15) is 44.9 Å². The molecule has 102 valence electrons. The van der Waals surface area contributed by atoms with Crippen LogP contribution >= 0.6 is 0 Å². The first-order valence-electron chi connectivity index (χ1n) is 6.55. The van der Waals surface area contributed by atoms with Crippen LogP contribution in [0.25, 0.3) is 0 Å². The van der Waals surface area contributed by atoms with E-state index >= 15 is 0 Å². The van der Waals surface area contributed by atoms with E-state index in [0.717, 1.165) is 11.1 Å². The van der Waals surface area contributed by atoms with Crippen LogP contribution in [-0.2, 0) is 11.0 Å². The van der Waals surface area contributed by atoms with Crippen molar-refractivity contribution in [2.24, 2.45) is 0 Å². The summed E-state index contributed by atoms with van der Waals surface area (Å²) in [7, 11) is -1.77. The van der Waals surface area contributed by atoms with Crippen LogP contribution in [0.4, 0.5) is 0 Å². The van der Waals surface area contributed by atoms with Crippen molar-refractivity contribution in [1.29, 1.82) is 0 Å². The van der Waals surface area contributed by atoms with E-state index < -0.39 is 8.32 Å². The largest absolute Gasteiger partial charge is 0.410 e. The lowest BCUT2D eigenvalue weighted by molar-refractivity contribution is 0.197. The van der Waals surface area contributed by atoms with Crippen molar-refractivity contribution < 1.29 is 9.53 Å². The molecule has 0 aliphatic rings. The first-order chi connectivity index (χ1) is 8.19. The monoisotopic (exact) mass is 266 g/mol. The van der Waals surface area contributed by atoms with Crippen LogP contribution < -0.4 is 0 Å². The zero-order valence-corrected chi connectivity index (χ0v) is 13.4. The molecule has 0 saturated carbocycles. The number of aliphatic hydroxyl groups excluding tert-OH is 1. The molecule has 3 heteroatoms. The van der Waals surface area contributed by atoms with Crippen LogP contribution in [-0.4, -0.2) is 13.4 Å². The van der Waals surface area contributed by atoms with Gasteiger partial charge in [-0.2, -0.15) is 0 Å². The third kappa shape index (κ3) is 3.43. The molecule has 0 fully saturated rings. The molecule has 1 rings (SSSR count). The minimum Gasteiger partial charge on any atom is -0.410 e. The van der Waals surface area contributed by atoms with Gasteiger partial charge >= 0.3 is 0 Å². The Balaban J connectivity index is 2.92. The maximum absolute atomic E-state index is 9.38. The molecule has 1 aromatic rings. The van der Waals surface area contributed by atoms with E-state index in [4.69, 9.17) is 4.43 Å². The fraction of sp³-hybridized carbons (Fsp3) is 0.600. The third-order valence-corrected chi connectivity index (χ3v) is 8.50. The van der Waals surface area contributed by atoms with E-state index in [2.05, 4.69) is 40.8 Å². The van der Waals surface area contributed by atoms with Gasteiger partial charge in [0.1, 0.15) is 0 Å². The maximum Gasteiger partial charge on any atom is 0.192 e. The molecule has 0 heterocycles. The molecular weight excluding hydrogens is 240 g/mol. The van der Waals surface area contributed by atoms with Gasteiger partial charge in [-0.25, -0.2) is 0 Å². The summed E-state index contributed by atoms with van der Waals surface area (Å²) in [5.74, 6) is 0. The molecule has 0 aliphatic heterocycles. The van der Waals surface area contributed by atoms with Gasteiger partial charge in [0.05, 0.1) is 12.7 Å². The summed E-state index contributed by atoms with van der Waals surface area (Å²) in [6.07, 6.45) is 0.0363. The van der Waals surface area contributed by atoms with Crippen LogP contribution in [0.5, 0.6) is 0 Å². The minimum atomic E-state index is -1.77. The summed E-state index contributed by atoms with van der Waals surface area (Å²) in [5, 5.41) is 9.59. The second kappa shape index (κ2) is 5.55. The van der Waals surface area contributed by atoms with Crippen LogP contribution in [0, 0.1) is 0 Å². The topological polar surface area (TPSA) is 29.5 Å². The van der Waals surface area contributed by atoms with Gasteiger partial charge in [0.2, 0.25) is 0 Å². The molecule has 0 amide bonds. The molecule has 18 heavy (non-hydrogen) atoms. The molecule has 1 atom stereocenters. The SMILES string of the molecule is CC(O[Si](C)(C)C(C)(C)C)c1ccccc1CO. The van der Waals surface area contributed by atoms with E-state index in [0.29, 0.717) is 0 Å². The Morgan fingerprint density at radius 3 is 2.28 bits per heavy atom. The number of rotatable bonds is 4. The highest BCUT2D eigenvalue weighted by atomic mass is 28.4. The second-order valence-corrected chi connectivity index (χ2v) is 11.1. The molecule has 0 spiro atoms. The quantitative estimate of drug-likeness (QED) is 0.825. The van der Waals surface area contributed by atoms with Crippen molar-refractivity contribution in [3.63, 3.8) is 0 Å². The van der Waals surface area contributed by atoms with Gasteiger partial charge in [0.25, 0.3) is 0 Å². The van der Waals surface area contributed by atoms with E-state index in [9.17, 15) is 5.11 Å². The molecule has 2 nitrogen and oxygen atoms in total. The minimum absolute atomic E-state index is 0.0363. The normalized spacial score (nSPS) is 14.6. The zero-order chi connectivity index (χ0) is 14.0. The molecule has 1 aromatic carbocycles. The van der Waals surface area contributed by atoms with Crippen LogP contribution in [0.15, 0.2) is 24.3 Å². The Kier molecular flexibility index (Phi) is 4.76. The zero-order valence-electron chi connectivity index (χ0n) is 12.4. The molecular formula is C15H26O2Si. The number of hydrogen-bond acceptors (Lipinski definition) is 2. The van der Waals surface area contributed by atoms with Gasteiger partial charge in [-0.05, 0) is 36.2 Å². The Hall–Kier alpha value is -0.643. The molecule has 0 bridgehead atoms. The van der Waals surface area contributed by atoms with E-state index in [1.807, 2.05) is 24.3 Å². The lowest BCUT2D eigenvalue weighted by atomic mass is 10.0. The molecule has 0 saturated heterocycles. The molecule has 1 unspecified atom stereocenters. The Morgan fingerprint density at radius 2 is 1.78 bits per heavy atom. The van der Waals surface area contributed by atoms with Gasteiger partial charge in [0.15, 0.2) is 8.32 Å². The third-order valence-electron chi connectivity index (χ3n) is 3.94. The van der Waals surface area contributed by atoms with Crippen molar-refractivity contribution in [3.05, 3.63) is 35.4 Å². The highest BCUT2D eigenvalue weighted by Crippen LogP contribution is 2.39. The fourth-order valence-electron chi connectivity index (χ4n) is 1.76. The maximum atomic E-state index is 9.38. The number of hydrogen-bond donors (Lipinski definition) is 1. The predicted octanol–water partition coefficient (Wildman–Crippen LogP) is 4.26. The van der Waals surface area contributed by atoms with Gasteiger partial charge < -0.3 is 9.53 Å². The summed E-state index contributed by atoms with van der Waals surface area (Å²) in [6.45, 7) is 13.4. The highest BCUT2D eigenvalue weighted by molar-refractivity contribution is 6.74. The summed E-state index contributed by atoms with van der Waals surface area (Å²) in [5.41, 5.74) is 2.06. The van der Waals surface area contributed by atoms with Crippen molar-refractivity contribution in [2.75, 3.05) is 0 Å². The van der Waals surface area contributed by atoms with Gasteiger partial charge in [-0.1, -0.05) is 45.0 Å². The smallest absolute Gasteiger partial charge is 0.192 e. The van der Waals surface area contributed by atoms with Gasteiger partial charge in [0, 0.05) is 0 Å². The second-order valence-electron chi connectivity index (χ2n) is 6.38. The molecule has 0 aromatic heterocycles. The van der Waals surface area contributed by atoms with Gasteiger partial charge in [-0.15, -0.1) is 0 Å². The van der Waals surface area contributed by atoms with Crippen molar-refractivity contribution in [1.82, 2.24) is 0 Å². The first kappa shape index (κ1) is 15.4. The van der Waals surface area contributed by atoms with Gasteiger partial charge in [-0.3, -0.25) is 0 Å². The summed E-state index contributed by atoms with van der Waals surface area (Å²) < 4.78 is 6.36. The molecule has 0 radical (unpaired) electrons. The Labute approximate surface area is 112 Å². The van der Waals surface area contributed by atoms with E-state index in [-0.39, 0.29) is 17.7 Å². The summed E-state index contributed by atoms with van der Waals surface area (Å²) in [4.78, 5) is 0. The molecule has 0 aliphatic carbocycles. The van der Waals surface area contributed by atoms with Crippen LogP contribution in [0.2, 0.25) is 18.1 Å². The van der Waals surface area contributed by atoms with E-state index in [1.54, 1.807) is 0 Å². The molecule has 1 N–H and O–H groups in total. The lowest BCUT2D eigenvalue weighted by Crippen LogP contribution is -2.41. The summed E-state index contributed by atoms with van der Waals surface area (Å²) in [6, 6.07) is 7.96. The standard InChI is InChI=1S/C15H26O2Si/c1-12(17-18(5,6)15(2,3)4)14-10-8-7-9-13(14)11-16/h7-10,12,16H,11H2,1-6H3. The number of benzene rings is 1. The van der Waals surface area contributed by atoms with Crippen LogP contribution in [0.3, 0.4) is 0 Å². The van der Waals surface area contributed by atoms with Crippen molar-refractivity contribution >= 4 is 8.32 Å². The Morgan fingerprint density at radius 1 is 1.22 bits per heavy atom. The lowest BCUT2D eigenvalue weighted by Gasteiger charge is -2.38. The average molecular weight is 266 g/mol. The fourth-order valence-corrected chi connectivity index (χ4v) is 3.12. The predicted molar refractivity (Wildman–Crippen MR) is 79.1 cm³/mol.